The molecule has 141 heavy (non-hydrogen) atoms. The van der Waals surface area contributed by atoms with Crippen LogP contribution in [0, 0.1) is 0 Å². The molecule has 0 aliphatic rings. The van der Waals surface area contributed by atoms with Crippen LogP contribution >= 0.6 is 0 Å². The molecule has 0 spiro atoms. The molecule has 660 valence electrons. The zero-order chi connectivity index (χ0) is 93.5. The molecule has 18 aromatic carbocycles. The standard InChI is InChI=1S/3C41H25N5O/c1-3-10-26(11-4-1)27-18-20-30(21-19-27)40-44-39(29-13-5-2-6-14-29)45-41(46-40)32-16-9-15-31(24-32)36-38-37(43-25-42-36)35-33-17-8-7-12-28(33)22-23-34(35)47-38;1-3-10-26(11-4-1)27-18-20-29(21-19-27)40-44-39(28-12-5-2-6-13-28)45-41(46-40)31-15-9-14-30(22-31)34-23-32-24-42-25-43-37(32)36-33-16-7-8-17-35(33)47-38(34)36;1-3-10-26(11-4-1)27-18-20-29(21-19-27)39-44-38(28-12-5-2-6-13-28)45-40(46-39)32-15-9-14-30(24-32)31-22-23-36-33(25-31)37-41(47-36)43-35-17-8-7-16-34(35)42-37/h3*1-25H. The Balaban J connectivity index is 0.000000111. The number of hydrogen-bond donors (Lipinski definition) is 0. The summed E-state index contributed by atoms with van der Waals surface area (Å²) >= 11 is 0. The number of nitrogens with zero attached hydrogens (tertiary/aromatic N) is 15. The fourth-order valence-electron chi connectivity index (χ4n) is 18.3. The molecule has 0 unspecified atom stereocenters. The summed E-state index contributed by atoms with van der Waals surface area (Å²) in [4.78, 5) is 72.5. The Bertz CT molecular complexity index is 9400. The smallest absolute Gasteiger partial charge is 0.246 e. The molecule has 9 heterocycles. The maximum absolute atomic E-state index is 6.49. The first-order chi connectivity index (χ1) is 69.8. The van der Waals surface area contributed by atoms with Gasteiger partial charge in [-0.1, -0.05) is 376 Å². The van der Waals surface area contributed by atoms with Gasteiger partial charge in [0.25, 0.3) is 0 Å². The summed E-state index contributed by atoms with van der Waals surface area (Å²) in [6.07, 6.45) is 5.04. The highest BCUT2D eigenvalue weighted by Crippen LogP contribution is 2.44. The molecular weight excluding hydrogens is 1740 g/mol. The number of aromatic nitrogens is 15. The van der Waals surface area contributed by atoms with Gasteiger partial charge in [0.1, 0.15) is 51.7 Å². The van der Waals surface area contributed by atoms with Crippen molar-refractivity contribution < 1.29 is 13.3 Å². The highest BCUT2D eigenvalue weighted by molar-refractivity contribution is 6.22. The van der Waals surface area contributed by atoms with Crippen LogP contribution in [0.2, 0.25) is 0 Å². The van der Waals surface area contributed by atoms with Crippen LogP contribution in [-0.4, -0.2) is 74.8 Å². The summed E-state index contributed by atoms with van der Waals surface area (Å²) in [5, 5.41) is 7.11. The number of fused-ring (bicyclic) bond motifs is 14. The largest absolute Gasteiger partial charge is 0.455 e. The van der Waals surface area contributed by atoms with E-state index in [2.05, 4.69) is 197 Å². The van der Waals surface area contributed by atoms with Crippen LogP contribution in [0.1, 0.15) is 0 Å². The fourth-order valence-corrected chi connectivity index (χ4v) is 18.3. The van der Waals surface area contributed by atoms with Gasteiger partial charge >= 0.3 is 0 Å². The van der Waals surface area contributed by atoms with Crippen LogP contribution in [-0.2, 0) is 0 Å². The van der Waals surface area contributed by atoms with Gasteiger partial charge in [-0.3, -0.25) is 0 Å². The molecule has 0 N–H and O–H groups in total. The van der Waals surface area contributed by atoms with Crippen molar-refractivity contribution in [2.45, 2.75) is 0 Å². The molecule has 27 rings (SSSR count). The molecule has 18 heteroatoms. The molecule has 0 amide bonds. The highest BCUT2D eigenvalue weighted by atomic mass is 16.3. The molecule has 0 fully saturated rings. The minimum Gasteiger partial charge on any atom is -0.455 e. The summed E-state index contributed by atoms with van der Waals surface area (Å²) in [6, 6.07) is 147. The predicted octanol–water partition coefficient (Wildman–Crippen LogP) is 30.1. The van der Waals surface area contributed by atoms with Gasteiger partial charge in [-0.2, -0.15) is 0 Å². The highest BCUT2D eigenvalue weighted by Gasteiger charge is 2.25. The predicted molar refractivity (Wildman–Crippen MR) is 562 cm³/mol. The summed E-state index contributed by atoms with van der Waals surface area (Å²) < 4.78 is 19.0. The Hall–Kier alpha value is -19.6. The van der Waals surface area contributed by atoms with E-state index < -0.39 is 0 Å². The van der Waals surface area contributed by atoms with Crippen LogP contribution in [0.5, 0.6) is 0 Å². The molecular formula is C123H75N15O3. The van der Waals surface area contributed by atoms with Crippen molar-refractivity contribution in [2.75, 3.05) is 0 Å². The van der Waals surface area contributed by atoms with Crippen LogP contribution in [0.15, 0.2) is 469 Å². The lowest BCUT2D eigenvalue weighted by Gasteiger charge is -2.11. The van der Waals surface area contributed by atoms with E-state index in [-0.39, 0.29) is 0 Å². The maximum Gasteiger partial charge on any atom is 0.246 e. The second-order valence-electron chi connectivity index (χ2n) is 34.1. The number of benzene rings is 18. The fraction of sp³-hybridized carbons (Fsp3) is 0. The third-order valence-corrected chi connectivity index (χ3v) is 25.3. The van der Waals surface area contributed by atoms with Gasteiger partial charge in [0.15, 0.2) is 58.0 Å². The van der Waals surface area contributed by atoms with Crippen LogP contribution < -0.4 is 0 Å². The minimum absolute atomic E-state index is 0.535. The van der Waals surface area contributed by atoms with Crippen molar-refractivity contribution >= 4 is 98.9 Å². The quantitative estimate of drug-likeness (QED) is 0.0928. The maximum atomic E-state index is 6.49. The van der Waals surface area contributed by atoms with Gasteiger partial charge in [-0.15, -0.1) is 0 Å². The topological polar surface area (TPSA) is 233 Å². The zero-order valence-corrected chi connectivity index (χ0v) is 75.2. The molecule has 9 aromatic heterocycles. The molecule has 0 radical (unpaired) electrons. The Morgan fingerprint density at radius 2 is 0.532 bits per heavy atom. The molecule has 0 aliphatic heterocycles. The number of rotatable bonds is 15. The lowest BCUT2D eigenvalue weighted by atomic mass is 9.98. The third-order valence-electron chi connectivity index (χ3n) is 25.3. The lowest BCUT2D eigenvalue weighted by molar-refractivity contribution is 0.655. The average molecular weight is 1810 g/mol. The van der Waals surface area contributed by atoms with Crippen molar-refractivity contribution in [3.8, 4) is 169 Å². The summed E-state index contributed by atoms with van der Waals surface area (Å²) in [5.41, 5.74) is 29.0. The van der Waals surface area contributed by atoms with Gasteiger partial charge in [-0.25, -0.2) is 74.8 Å². The SMILES string of the molecule is c1ccc(-c2ccc(-c3nc(-c4ccccc4)nc(-c4cccc(-c5cc6cncnc6c6c5oc5ccccc56)c4)n3)cc2)cc1.c1ccc(-c2ccc(-c3nc(-c4ccccc4)nc(-c4cccc(-c5ccc6oc7nc8ccccc8nc7c6c5)c4)n3)cc2)cc1.c1ccc(-c2ccc(-c3nc(-c4ccccc4)nc(-c4cccc(-c5ncnc6c5oc5ccc7ccccc7c56)c4)n3)cc2)cc1. The van der Waals surface area contributed by atoms with E-state index in [0.29, 0.717) is 69.4 Å². The van der Waals surface area contributed by atoms with Gasteiger partial charge in [0.2, 0.25) is 5.71 Å². The number of hydrogen-bond acceptors (Lipinski definition) is 18. The van der Waals surface area contributed by atoms with Gasteiger partial charge in [-0.05, 0) is 122 Å². The Labute approximate surface area is 806 Å². The first-order valence-corrected chi connectivity index (χ1v) is 46.2. The third kappa shape index (κ3) is 16.4. The molecule has 0 aliphatic carbocycles. The van der Waals surface area contributed by atoms with Crippen LogP contribution in [0.4, 0.5) is 0 Å². The van der Waals surface area contributed by atoms with E-state index in [4.69, 9.17) is 73.1 Å². The van der Waals surface area contributed by atoms with Gasteiger partial charge in [0, 0.05) is 83.6 Å². The van der Waals surface area contributed by atoms with Crippen molar-refractivity contribution in [1.29, 1.82) is 0 Å². The van der Waals surface area contributed by atoms with Crippen LogP contribution in [0.25, 0.3) is 268 Å². The Kier molecular flexibility index (Phi) is 21.4. The summed E-state index contributed by atoms with van der Waals surface area (Å²) in [7, 11) is 0. The molecule has 0 atom stereocenters. The first-order valence-electron chi connectivity index (χ1n) is 46.2. The van der Waals surface area contributed by atoms with Crippen LogP contribution in [0.3, 0.4) is 0 Å². The second kappa shape index (κ2) is 36.3. The van der Waals surface area contributed by atoms with Crippen molar-refractivity contribution in [1.82, 2.24) is 74.8 Å². The average Bonchev–Trinajstić information content (AvgIpc) is 1.60. The molecule has 0 saturated heterocycles. The minimum atomic E-state index is 0.535. The summed E-state index contributed by atoms with van der Waals surface area (Å²) in [6.45, 7) is 0. The molecule has 0 bridgehead atoms. The normalized spacial score (nSPS) is 11.4. The van der Waals surface area contributed by atoms with Crippen molar-refractivity contribution in [2.24, 2.45) is 0 Å². The molecule has 0 saturated carbocycles. The molecule has 27 aromatic rings. The van der Waals surface area contributed by atoms with E-state index in [0.717, 1.165) is 193 Å². The van der Waals surface area contributed by atoms with E-state index >= 15 is 0 Å². The Morgan fingerprint density at radius 3 is 1.05 bits per heavy atom. The monoisotopic (exact) mass is 1810 g/mol. The van der Waals surface area contributed by atoms with Gasteiger partial charge < -0.3 is 13.3 Å². The molecule has 18 nitrogen and oxygen atoms in total. The van der Waals surface area contributed by atoms with E-state index in [1.54, 1.807) is 12.7 Å². The lowest BCUT2D eigenvalue weighted by Crippen LogP contribution is -2.00. The van der Waals surface area contributed by atoms with E-state index in [1.165, 1.54) is 5.56 Å². The second-order valence-corrected chi connectivity index (χ2v) is 34.1. The summed E-state index contributed by atoms with van der Waals surface area (Å²) in [5.74, 6) is 5.46. The van der Waals surface area contributed by atoms with Gasteiger partial charge in [0.05, 0.1) is 27.3 Å². The Morgan fingerprint density at radius 1 is 0.177 bits per heavy atom. The number of furan rings is 3. The zero-order valence-electron chi connectivity index (χ0n) is 75.2. The number of para-hydroxylation sites is 3. The first kappa shape index (κ1) is 83.3. The van der Waals surface area contributed by atoms with Crippen molar-refractivity contribution in [3.63, 3.8) is 0 Å². The van der Waals surface area contributed by atoms with Crippen molar-refractivity contribution in [3.05, 3.63) is 456 Å². The van der Waals surface area contributed by atoms with E-state index in [1.807, 2.05) is 261 Å². The van der Waals surface area contributed by atoms with E-state index in [9.17, 15) is 0 Å².